The second-order valence-corrected chi connectivity index (χ2v) is 9.32. The fourth-order valence-electron chi connectivity index (χ4n) is 4.46. The third-order valence-electron chi connectivity index (χ3n) is 6.30. The molecule has 37 heavy (non-hydrogen) atoms. The van der Waals surface area contributed by atoms with Gasteiger partial charge in [-0.3, -0.25) is 4.79 Å². The molecule has 0 saturated carbocycles. The average Bonchev–Trinajstić information content (AvgIpc) is 3.25. The number of nitrogens with one attached hydrogen (secondary N) is 1. The van der Waals surface area contributed by atoms with E-state index in [1.54, 1.807) is 39.8 Å². The highest BCUT2D eigenvalue weighted by Gasteiger charge is 2.53. The van der Waals surface area contributed by atoms with Gasteiger partial charge < -0.3 is 44.3 Å². The van der Waals surface area contributed by atoms with Crippen LogP contribution in [-0.4, -0.2) is 64.4 Å². The molecule has 2 aromatic heterocycles. The first-order valence-corrected chi connectivity index (χ1v) is 11.4. The van der Waals surface area contributed by atoms with Crippen molar-refractivity contribution in [2.45, 2.75) is 57.9 Å². The maximum Gasteiger partial charge on any atom is 0.355 e. The van der Waals surface area contributed by atoms with Gasteiger partial charge in [0.1, 0.15) is 28.9 Å². The largest absolute Gasteiger partial charge is 0.506 e. The molecule has 5 N–H and O–H groups in total. The number of aromatic amines is 1. The molecule has 12 nitrogen and oxygen atoms in total. The summed E-state index contributed by atoms with van der Waals surface area (Å²) in [4.78, 5) is 39.4. The van der Waals surface area contributed by atoms with Crippen LogP contribution in [0.1, 0.15) is 46.0 Å². The van der Waals surface area contributed by atoms with Crippen LogP contribution >= 0.6 is 0 Å². The van der Waals surface area contributed by atoms with Crippen molar-refractivity contribution in [1.82, 2.24) is 4.98 Å². The highest BCUT2D eigenvalue weighted by atomic mass is 16.7. The van der Waals surface area contributed by atoms with Crippen LogP contribution in [0.15, 0.2) is 33.5 Å². The van der Waals surface area contributed by atoms with E-state index in [9.17, 15) is 24.6 Å². The van der Waals surface area contributed by atoms with Crippen LogP contribution < -0.4 is 16.1 Å². The molecule has 0 aliphatic carbocycles. The van der Waals surface area contributed by atoms with Gasteiger partial charge >= 0.3 is 11.6 Å². The number of aromatic hydroxyl groups is 1. The van der Waals surface area contributed by atoms with Crippen LogP contribution in [0, 0.1) is 13.8 Å². The molecule has 0 radical (unpaired) electrons. The van der Waals surface area contributed by atoms with E-state index in [-0.39, 0.29) is 28.0 Å². The van der Waals surface area contributed by atoms with E-state index >= 15 is 0 Å². The van der Waals surface area contributed by atoms with Crippen molar-refractivity contribution in [2.24, 2.45) is 5.73 Å². The van der Waals surface area contributed by atoms with Crippen molar-refractivity contribution in [2.75, 3.05) is 7.11 Å². The Labute approximate surface area is 210 Å². The first-order valence-electron chi connectivity index (χ1n) is 11.4. The number of aryl methyl sites for hydroxylation is 2. The predicted octanol–water partition coefficient (Wildman–Crippen LogP) is 1.66. The number of primary amides is 1. The predicted molar refractivity (Wildman–Crippen MR) is 129 cm³/mol. The van der Waals surface area contributed by atoms with Gasteiger partial charge in [-0.15, -0.1) is 0 Å². The minimum Gasteiger partial charge on any atom is -0.506 e. The SMILES string of the molecule is CO[C@@H]1[C@@H](OC(=O)c2ccc(C)[nH]2)[C@@H](O)[C@H](Oc2ccc3c(O)c(C(N)=O)c(=O)oc3c2C)OC1(C)C. The van der Waals surface area contributed by atoms with E-state index in [2.05, 4.69) is 4.98 Å². The number of methoxy groups -OCH3 is 1. The number of carbonyl (C=O) groups excluding carboxylic acids is 2. The number of hydrogen-bond donors (Lipinski definition) is 4. The Kier molecular flexibility index (Phi) is 6.76. The molecule has 4 atom stereocenters. The van der Waals surface area contributed by atoms with E-state index in [1.165, 1.54) is 19.2 Å². The van der Waals surface area contributed by atoms with Crippen molar-refractivity contribution in [3.05, 3.63) is 57.2 Å². The van der Waals surface area contributed by atoms with Crippen LogP contribution in [0.5, 0.6) is 11.5 Å². The molecule has 0 bridgehead atoms. The third kappa shape index (κ3) is 4.66. The summed E-state index contributed by atoms with van der Waals surface area (Å²) in [6, 6.07) is 6.09. The average molecular weight is 517 g/mol. The number of H-pyrrole nitrogens is 1. The minimum atomic E-state index is -1.48. The number of amides is 1. The number of carbonyl (C=O) groups is 2. The van der Waals surface area contributed by atoms with Crippen molar-refractivity contribution in [3.8, 4) is 11.5 Å². The first-order chi connectivity index (χ1) is 17.4. The molecule has 1 aliphatic heterocycles. The Morgan fingerprint density at radius 2 is 1.86 bits per heavy atom. The summed E-state index contributed by atoms with van der Waals surface area (Å²) in [5, 5.41) is 21.6. The van der Waals surface area contributed by atoms with Crippen LogP contribution in [-0.2, 0) is 14.2 Å². The molecule has 3 heterocycles. The Bertz CT molecular complexity index is 1420. The lowest BCUT2D eigenvalue weighted by molar-refractivity contribution is -0.305. The fourth-order valence-corrected chi connectivity index (χ4v) is 4.46. The molecule has 1 saturated heterocycles. The highest BCUT2D eigenvalue weighted by Crippen LogP contribution is 2.37. The molecule has 1 fully saturated rings. The van der Waals surface area contributed by atoms with Gasteiger partial charge in [-0.1, -0.05) is 0 Å². The molecule has 12 heteroatoms. The topological polar surface area (TPSA) is 184 Å². The third-order valence-corrected chi connectivity index (χ3v) is 6.30. The Morgan fingerprint density at radius 3 is 2.46 bits per heavy atom. The summed E-state index contributed by atoms with van der Waals surface area (Å²) in [5.74, 6) is -2.30. The van der Waals surface area contributed by atoms with Gasteiger partial charge in [0.2, 0.25) is 6.29 Å². The molecule has 4 rings (SSSR count). The van der Waals surface area contributed by atoms with Crippen molar-refractivity contribution < 1.29 is 43.2 Å². The molecular weight excluding hydrogens is 488 g/mol. The molecule has 3 aromatic rings. The molecule has 198 valence electrons. The smallest absolute Gasteiger partial charge is 0.355 e. The zero-order valence-corrected chi connectivity index (χ0v) is 20.9. The van der Waals surface area contributed by atoms with E-state index < -0.39 is 59.0 Å². The molecule has 1 amide bonds. The van der Waals surface area contributed by atoms with Gasteiger partial charge in [0, 0.05) is 18.4 Å². The Balaban J connectivity index is 1.67. The summed E-state index contributed by atoms with van der Waals surface area (Å²) >= 11 is 0. The number of benzene rings is 1. The normalized spacial score (nSPS) is 23.1. The maximum atomic E-state index is 12.7. The number of esters is 1. The van der Waals surface area contributed by atoms with Crippen LogP contribution in [0.25, 0.3) is 11.0 Å². The lowest BCUT2D eigenvalue weighted by Gasteiger charge is -2.47. The summed E-state index contributed by atoms with van der Waals surface area (Å²) < 4.78 is 28.3. The zero-order chi connectivity index (χ0) is 27.2. The van der Waals surface area contributed by atoms with Crippen molar-refractivity contribution in [1.29, 1.82) is 0 Å². The Hall–Kier alpha value is -3.87. The quantitative estimate of drug-likeness (QED) is 0.277. The standard InChI is InChI=1S/C25H28N2O10/c1-10-6-8-13(27-10)22(31)36-19-17(29)24(37-25(3,4)20(19)33-5)34-14-9-7-12-16(28)15(21(26)30)23(32)35-18(12)11(14)2/h6-9,17,19-20,24,27-29H,1-5H3,(H2,26,30)/t17-,19+,20-,24-/m1/s1. The number of fused-ring (bicyclic) bond motifs is 1. The van der Waals surface area contributed by atoms with Crippen LogP contribution in [0.3, 0.4) is 0 Å². The van der Waals surface area contributed by atoms with Crippen LogP contribution in [0.4, 0.5) is 0 Å². The molecule has 0 spiro atoms. The maximum absolute atomic E-state index is 12.7. The first kappa shape index (κ1) is 26.2. The van der Waals surface area contributed by atoms with Gasteiger partial charge in [-0.05, 0) is 52.0 Å². The summed E-state index contributed by atoms with van der Waals surface area (Å²) in [6.45, 7) is 6.72. The van der Waals surface area contributed by atoms with Crippen LogP contribution in [0.2, 0.25) is 0 Å². The minimum absolute atomic E-state index is 0.0468. The van der Waals surface area contributed by atoms with Crippen molar-refractivity contribution in [3.63, 3.8) is 0 Å². The molecular formula is C25H28N2O10. The van der Waals surface area contributed by atoms with E-state index in [4.69, 9.17) is 29.1 Å². The zero-order valence-electron chi connectivity index (χ0n) is 20.9. The number of nitrogens with two attached hydrogens (primary N) is 1. The number of aliphatic hydroxyl groups is 1. The summed E-state index contributed by atoms with van der Waals surface area (Å²) in [5.41, 5.74) is 3.52. The number of rotatable bonds is 6. The fraction of sp³-hybridized carbons (Fsp3) is 0.400. The lowest BCUT2D eigenvalue weighted by Crippen LogP contribution is -2.65. The van der Waals surface area contributed by atoms with Gasteiger partial charge in [0.25, 0.3) is 5.91 Å². The second-order valence-electron chi connectivity index (χ2n) is 9.32. The summed E-state index contributed by atoms with van der Waals surface area (Å²) in [6.07, 6.45) is -4.82. The van der Waals surface area contributed by atoms with Gasteiger partial charge in [0.15, 0.2) is 17.8 Å². The van der Waals surface area contributed by atoms with E-state index in [0.717, 1.165) is 5.69 Å². The number of ether oxygens (including phenoxy) is 4. The van der Waals surface area contributed by atoms with Gasteiger partial charge in [0.05, 0.1) is 11.0 Å². The molecule has 1 aromatic carbocycles. The monoisotopic (exact) mass is 516 g/mol. The summed E-state index contributed by atoms with van der Waals surface area (Å²) in [7, 11) is 1.41. The van der Waals surface area contributed by atoms with Crippen molar-refractivity contribution >= 4 is 22.8 Å². The molecule has 0 unspecified atom stereocenters. The second kappa shape index (κ2) is 9.54. The lowest BCUT2D eigenvalue weighted by atomic mass is 9.89. The number of aliphatic hydroxyl groups excluding tert-OH is 1. The van der Waals surface area contributed by atoms with E-state index in [0.29, 0.717) is 0 Å². The number of hydrogen-bond acceptors (Lipinski definition) is 10. The van der Waals surface area contributed by atoms with E-state index in [1.807, 2.05) is 0 Å². The van der Waals surface area contributed by atoms with Gasteiger partial charge in [-0.25, -0.2) is 9.59 Å². The van der Waals surface area contributed by atoms with Gasteiger partial charge in [-0.2, -0.15) is 0 Å². The highest BCUT2D eigenvalue weighted by molar-refractivity contribution is 6.01. The Morgan fingerprint density at radius 1 is 1.16 bits per heavy atom. The molecule has 1 aliphatic rings. The number of aromatic nitrogens is 1.